The van der Waals surface area contributed by atoms with Gasteiger partial charge in [0.2, 0.25) is 0 Å². The molecule has 0 spiro atoms. The molecule has 0 saturated heterocycles. The van der Waals surface area contributed by atoms with Gasteiger partial charge in [-0.2, -0.15) is 0 Å². The van der Waals surface area contributed by atoms with E-state index in [0.717, 1.165) is 17.8 Å². The number of hydrogen-bond donors (Lipinski definition) is 0. The van der Waals surface area contributed by atoms with Gasteiger partial charge in [-0.3, -0.25) is 4.79 Å². The molecule has 1 aromatic carbocycles. The molecular weight excluding hydrogens is 288 g/mol. The molecule has 0 aliphatic heterocycles. The van der Waals surface area contributed by atoms with E-state index in [2.05, 4.69) is 31.0 Å². The molecule has 1 heterocycles. The van der Waals surface area contributed by atoms with Crippen molar-refractivity contribution in [2.45, 2.75) is 46.6 Å². The third-order valence-corrected chi connectivity index (χ3v) is 3.98. The number of carbonyl (C=O) groups is 1. The van der Waals surface area contributed by atoms with Crippen LogP contribution in [0.3, 0.4) is 0 Å². The zero-order chi connectivity index (χ0) is 16.8. The molecule has 0 unspecified atom stereocenters. The number of carbonyl (C=O) groups excluding carboxylic acids is 1. The Morgan fingerprint density at radius 2 is 1.91 bits per heavy atom. The summed E-state index contributed by atoms with van der Waals surface area (Å²) in [4.78, 5) is 16.3. The largest absolute Gasteiger partial charge is 0.463 e. The summed E-state index contributed by atoms with van der Waals surface area (Å²) in [6, 6.07) is 8.27. The fourth-order valence-corrected chi connectivity index (χ4v) is 2.56. The third-order valence-electron chi connectivity index (χ3n) is 3.98. The van der Waals surface area contributed by atoms with Crippen LogP contribution in [0.15, 0.2) is 36.7 Å². The van der Waals surface area contributed by atoms with E-state index in [9.17, 15) is 4.79 Å². The van der Waals surface area contributed by atoms with Crippen LogP contribution < -0.4 is 0 Å². The lowest BCUT2D eigenvalue weighted by Crippen LogP contribution is -2.16. The Hall–Kier alpha value is -2.10. The zero-order valence-corrected chi connectivity index (χ0v) is 14.5. The number of benzene rings is 1. The molecular formula is C19H26N2O2. The molecule has 4 nitrogen and oxygen atoms in total. The molecule has 0 bridgehead atoms. The Balaban J connectivity index is 1.85. The first-order chi connectivity index (χ1) is 11.0. The van der Waals surface area contributed by atoms with Gasteiger partial charge in [-0.15, -0.1) is 0 Å². The summed E-state index contributed by atoms with van der Waals surface area (Å²) < 4.78 is 7.36. The van der Waals surface area contributed by atoms with E-state index in [1.165, 1.54) is 5.56 Å². The molecule has 0 radical (unpaired) electrons. The molecule has 4 heteroatoms. The first kappa shape index (κ1) is 17.3. The first-order valence-corrected chi connectivity index (χ1v) is 8.20. The normalized spacial score (nSPS) is 12.4. The number of hydrogen-bond acceptors (Lipinski definition) is 3. The second-order valence-corrected chi connectivity index (χ2v) is 6.40. The van der Waals surface area contributed by atoms with Crippen LogP contribution in [0.4, 0.5) is 0 Å². The predicted octanol–water partition coefficient (Wildman–Crippen LogP) is 3.74. The highest BCUT2D eigenvalue weighted by Gasteiger charge is 2.16. The van der Waals surface area contributed by atoms with E-state index < -0.39 is 0 Å². The van der Waals surface area contributed by atoms with Crippen LogP contribution in [-0.4, -0.2) is 22.1 Å². The van der Waals surface area contributed by atoms with Crippen LogP contribution in [0.5, 0.6) is 0 Å². The number of imidazole rings is 1. The number of nitrogens with zero attached hydrogens (tertiary/aromatic N) is 2. The lowest BCUT2D eigenvalue weighted by atomic mass is 9.97. The number of esters is 1. The van der Waals surface area contributed by atoms with Crippen LogP contribution >= 0.6 is 0 Å². The molecule has 0 aliphatic carbocycles. The van der Waals surface area contributed by atoms with Gasteiger partial charge in [0.25, 0.3) is 0 Å². The summed E-state index contributed by atoms with van der Waals surface area (Å²) in [6.07, 6.45) is 4.70. The van der Waals surface area contributed by atoms with Crippen LogP contribution in [-0.2, 0) is 22.5 Å². The molecule has 2 aromatic rings. The van der Waals surface area contributed by atoms with Gasteiger partial charge in [-0.1, -0.05) is 38.1 Å². The second kappa shape index (κ2) is 7.95. The maximum Gasteiger partial charge on any atom is 0.313 e. The number of aryl methyl sites for hydroxylation is 1. The lowest BCUT2D eigenvalue weighted by molar-refractivity contribution is -0.145. The molecule has 23 heavy (non-hydrogen) atoms. The van der Waals surface area contributed by atoms with E-state index in [1.54, 1.807) is 6.20 Å². The quantitative estimate of drug-likeness (QED) is 0.731. The molecule has 124 valence electrons. The van der Waals surface area contributed by atoms with Crippen molar-refractivity contribution in [2.24, 2.45) is 5.92 Å². The minimum Gasteiger partial charge on any atom is -0.463 e. The number of rotatable bonds is 7. The van der Waals surface area contributed by atoms with Crippen molar-refractivity contribution >= 4 is 5.97 Å². The number of aromatic nitrogens is 2. The fourth-order valence-electron chi connectivity index (χ4n) is 2.56. The minimum absolute atomic E-state index is 0.181. The average molecular weight is 314 g/mol. The monoisotopic (exact) mass is 314 g/mol. The van der Waals surface area contributed by atoms with Gasteiger partial charge in [0.05, 0.1) is 12.5 Å². The van der Waals surface area contributed by atoms with Gasteiger partial charge in [0.1, 0.15) is 12.4 Å². The summed E-state index contributed by atoms with van der Waals surface area (Å²) in [7, 11) is 0. The molecule has 0 saturated carbocycles. The standard InChI is InChI=1S/C19H26N2O2/c1-14(2)13-17-5-7-18(8-6-17)15(3)19(22)23-12-11-21-10-9-20-16(21)4/h5-10,14-15H,11-13H2,1-4H3/t15-/m0/s1. The third kappa shape index (κ3) is 4.95. The summed E-state index contributed by atoms with van der Waals surface area (Å²) in [5, 5.41) is 0. The Labute approximate surface area is 138 Å². The molecule has 0 amide bonds. The van der Waals surface area contributed by atoms with Crippen LogP contribution in [0.25, 0.3) is 0 Å². The Bertz CT molecular complexity index is 629. The average Bonchev–Trinajstić information content (AvgIpc) is 2.92. The van der Waals surface area contributed by atoms with Crippen molar-refractivity contribution in [3.63, 3.8) is 0 Å². The summed E-state index contributed by atoms with van der Waals surface area (Å²) in [6.45, 7) is 9.24. The van der Waals surface area contributed by atoms with Gasteiger partial charge >= 0.3 is 5.97 Å². The maximum absolute atomic E-state index is 12.2. The van der Waals surface area contributed by atoms with Crippen molar-refractivity contribution in [1.82, 2.24) is 9.55 Å². The van der Waals surface area contributed by atoms with Gasteiger partial charge in [0.15, 0.2) is 0 Å². The van der Waals surface area contributed by atoms with Gasteiger partial charge in [0, 0.05) is 12.4 Å². The zero-order valence-electron chi connectivity index (χ0n) is 14.5. The molecule has 0 fully saturated rings. The minimum atomic E-state index is -0.244. The topological polar surface area (TPSA) is 44.1 Å². The molecule has 2 rings (SSSR count). The molecule has 1 aromatic heterocycles. The molecule has 1 atom stereocenters. The number of ether oxygens (including phenoxy) is 1. The van der Waals surface area contributed by atoms with Gasteiger partial charge in [-0.05, 0) is 37.3 Å². The van der Waals surface area contributed by atoms with Crippen molar-refractivity contribution in [3.8, 4) is 0 Å². The second-order valence-electron chi connectivity index (χ2n) is 6.40. The van der Waals surface area contributed by atoms with Crippen LogP contribution in [0, 0.1) is 12.8 Å². The fraction of sp³-hybridized carbons (Fsp3) is 0.474. The van der Waals surface area contributed by atoms with Crippen molar-refractivity contribution in [3.05, 3.63) is 53.6 Å². The van der Waals surface area contributed by atoms with Crippen LogP contribution in [0.1, 0.15) is 43.6 Å². The van der Waals surface area contributed by atoms with E-state index in [0.29, 0.717) is 19.1 Å². The van der Waals surface area contributed by atoms with E-state index in [-0.39, 0.29) is 11.9 Å². The van der Waals surface area contributed by atoms with Crippen molar-refractivity contribution < 1.29 is 9.53 Å². The highest BCUT2D eigenvalue weighted by atomic mass is 16.5. The van der Waals surface area contributed by atoms with Gasteiger partial charge < -0.3 is 9.30 Å². The Morgan fingerprint density at radius 3 is 2.48 bits per heavy atom. The predicted molar refractivity (Wildman–Crippen MR) is 91.3 cm³/mol. The summed E-state index contributed by atoms with van der Waals surface area (Å²) in [5.41, 5.74) is 2.31. The highest BCUT2D eigenvalue weighted by Crippen LogP contribution is 2.19. The summed E-state index contributed by atoms with van der Waals surface area (Å²) in [5.74, 6) is 1.14. The first-order valence-electron chi connectivity index (χ1n) is 8.20. The lowest BCUT2D eigenvalue weighted by Gasteiger charge is -2.13. The Morgan fingerprint density at radius 1 is 1.22 bits per heavy atom. The molecule has 0 aliphatic rings. The highest BCUT2D eigenvalue weighted by molar-refractivity contribution is 5.77. The van der Waals surface area contributed by atoms with Gasteiger partial charge in [-0.25, -0.2) is 4.98 Å². The Kier molecular flexibility index (Phi) is 5.97. The van der Waals surface area contributed by atoms with Crippen molar-refractivity contribution in [2.75, 3.05) is 6.61 Å². The summed E-state index contributed by atoms with van der Waals surface area (Å²) >= 11 is 0. The van der Waals surface area contributed by atoms with E-state index in [1.807, 2.05) is 36.7 Å². The van der Waals surface area contributed by atoms with E-state index in [4.69, 9.17) is 4.74 Å². The molecule has 0 N–H and O–H groups in total. The van der Waals surface area contributed by atoms with E-state index >= 15 is 0 Å². The van der Waals surface area contributed by atoms with Crippen LogP contribution in [0.2, 0.25) is 0 Å². The SMILES string of the molecule is Cc1nccn1CCOC(=O)[C@@H](C)c1ccc(CC(C)C)cc1. The van der Waals surface area contributed by atoms with Crippen molar-refractivity contribution in [1.29, 1.82) is 0 Å². The smallest absolute Gasteiger partial charge is 0.313 e. The maximum atomic E-state index is 12.2.